The van der Waals surface area contributed by atoms with E-state index in [1.54, 1.807) is 36.5 Å². The van der Waals surface area contributed by atoms with Crippen molar-refractivity contribution in [3.63, 3.8) is 0 Å². The number of aryl methyl sites for hydroxylation is 2. The second-order valence-corrected chi connectivity index (χ2v) is 6.65. The molecule has 0 spiro atoms. The number of thioether (sulfide) groups is 1. The van der Waals surface area contributed by atoms with Crippen molar-refractivity contribution in [2.45, 2.75) is 31.2 Å². The van der Waals surface area contributed by atoms with Gasteiger partial charge in [0.25, 0.3) is 5.91 Å². The van der Waals surface area contributed by atoms with Gasteiger partial charge in [0.15, 0.2) is 0 Å². The number of rotatable bonds is 6. The number of carbonyl (C=O) groups excluding carboxylic acids is 1. The average Bonchev–Trinajstić information content (AvgIpc) is 3.23. The Bertz CT molecular complexity index is 839. The molecule has 130 valence electrons. The third-order valence-electron chi connectivity index (χ3n) is 3.86. The minimum absolute atomic E-state index is 0.0919. The Morgan fingerprint density at radius 3 is 2.80 bits per heavy atom. The molecule has 0 saturated carbocycles. The largest absolute Gasteiger partial charge is 0.467 e. The molecule has 6 nitrogen and oxygen atoms in total. The normalized spacial score (nSPS) is 10.8. The van der Waals surface area contributed by atoms with Gasteiger partial charge in [-0.1, -0.05) is 5.16 Å². The first kappa shape index (κ1) is 17.3. The first-order chi connectivity index (χ1) is 12.1. The zero-order valence-electron chi connectivity index (χ0n) is 14.4. The number of pyridine rings is 1. The van der Waals surface area contributed by atoms with E-state index in [9.17, 15) is 4.79 Å². The van der Waals surface area contributed by atoms with Crippen LogP contribution in [0.25, 0.3) is 0 Å². The maximum absolute atomic E-state index is 12.8. The van der Waals surface area contributed by atoms with Crippen LogP contribution in [0, 0.1) is 13.8 Å². The summed E-state index contributed by atoms with van der Waals surface area (Å²) in [5.41, 5.74) is 2.48. The second-order valence-electron chi connectivity index (χ2n) is 5.69. The number of carbonyl (C=O) groups is 1. The molecule has 3 heterocycles. The summed E-state index contributed by atoms with van der Waals surface area (Å²) in [4.78, 5) is 18.8. The molecular weight excluding hydrogens is 338 g/mol. The van der Waals surface area contributed by atoms with Crippen molar-refractivity contribution in [3.05, 3.63) is 65.1 Å². The van der Waals surface area contributed by atoms with E-state index in [1.165, 1.54) is 11.8 Å². The van der Waals surface area contributed by atoms with Gasteiger partial charge in [-0.3, -0.25) is 4.79 Å². The molecule has 0 unspecified atom stereocenters. The molecule has 0 atom stereocenters. The maximum atomic E-state index is 12.8. The number of nitrogens with zero attached hydrogens (tertiary/aromatic N) is 3. The van der Waals surface area contributed by atoms with Gasteiger partial charge in [-0.15, -0.1) is 11.8 Å². The quantitative estimate of drug-likeness (QED) is 0.624. The van der Waals surface area contributed by atoms with Gasteiger partial charge < -0.3 is 13.8 Å². The van der Waals surface area contributed by atoms with Gasteiger partial charge in [-0.25, -0.2) is 4.98 Å². The predicted octanol–water partition coefficient (Wildman–Crippen LogP) is 3.84. The van der Waals surface area contributed by atoms with Crippen LogP contribution in [-0.4, -0.2) is 28.0 Å². The van der Waals surface area contributed by atoms with Crippen LogP contribution in [-0.2, 0) is 12.3 Å². The summed E-state index contributed by atoms with van der Waals surface area (Å²) in [6.07, 6.45) is 3.29. The van der Waals surface area contributed by atoms with Crippen molar-refractivity contribution in [2.24, 2.45) is 0 Å². The fourth-order valence-corrected chi connectivity index (χ4v) is 3.57. The van der Waals surface area contributed by atoms with Crippen molar-refractivity contribution in [1.82, 2.24) is 15.0 Å². The van der Waals surface area contributed by atoms with Gasteiger partial charge in [0.1, 0.15) is 16.5 Å². The summed E-state index contributed by atoms with van der Waals surface area (Å²) >= 11 is 1.50. The summed E-state index contributed by atoms with van der Waals surface area (Å²) in [6, 6.07) is 7.22. The molecule has 0 saturated heterocycles. The zero-order valence-corrected chi connectivity index (χ0v) is 15.2. The lowest BCUT2D eigenvalue weighted by Crippen LogP contribution is -2.26. The van der Waals surface area contributed by atoms with E-state index < -0.39 is 0 Å². The van der Waals surface area contributed by atoms with Gasteiger partial charge in [0.05, 0.1) is 24.1 Å². The molecule has 3 aromatic rings. The monoisotopic (exact) mass is 357 g/mol. The van der Waals surface area contributed by atoms with Crippen LogP contribution in [0.2, 0.25) is 0 Å². The van der Waals surface area contributed by atoms with E-state index in [2.05, 4.69) is 10.1 Å². The van der Waals surface area contributed by atoms with Crippen LogP contribution in [0.3, 0.4) is 0 Å². The lowest BCUT2D eigenvalue weighted by Gasteiger charge is -2.17. The third-order valence-corrected chi connectivity index (χ3v) is 4.89. The van der Waals surface area contributed by atoms with Crippen molar-refractivity contribution >= 4 is 17.7 Å². The predicted molar refractivity (Wildman–Crippen MR) is 94.3 cm³/mol. The summed E-state index contributed by atoms with van der Waals surface area (Å²) in [6.45, 7) is 4.21. The SMILES string of the molecule is Cc1noc(C)c1CSc1ncccc1C(=O)N(C)Cc1ccco1. The Balaban J connectivity index is 1.75. The first-order valence-corrected chi connectivity index (χ1v) is 8.82. The van der Waals surface area contributed by atoms with E-state index in [1.807, 2.05) is 26.0 Å². The van der Waals surface area contributed by atoms with Crippen molar-refractivity contribution < 1.29 is 13.7 Å². The van der Waals surface area contributed by atoms with E-state index in [4.69, 9.17) is 8.94 Å². The Morgan fingerprint density at radius 1 is 1.28 bits per heavy atom. The average molecular weight is 357 g/mol. The maximum Gasteiger partial charge on any atom is 0.256 e. The lowest BCUT2D eigenvalue weighted by molar-refractivity contribution is 0.0771. The number of aromatic nitrogens is 2. The molecule has 0 radical (unpaired) electrons. The highest BCUT2D eigenvalue weighted by molar-refractivity contribution is 7.98. The summed E-state index contributed by atoms with van der Waals surface area (Å²) < 4.78 is 10.5. The first-order valence-electron chi connectivity index (χ1n) is 7.83. The Labute approximate surface area is 150 Å². The zero-order chi connectivity index (χ0) is 17.8. The highest BCUT2D eigenvalue weighted by atomic mass is 32.2. The molecule has 0 N–H and O–H groups in total. The molecule has 1 amide bonds. The molecule has 0 aliphatic rings. The van der Waals surface area contributed by atoms with E-state index in [0.29, 0.717) is 22.9 Å². The molecule has 3 aromatic heterocycles. The van der Waals surface area contributed by atoms with Crippen molar-refractivity contribution in [3.8, 4) is 0 Å². The van der Waals surface area contributed by atoms with Gasteiger partial charge >= 0.3 is 0 Å². The highest BCUT2D eigenvalue weighted by Gasteiger charge is 2.19. The molecule has 0 aliphatic carbocycles. The van der Waals surface area contributed by atoms with E-state index in [-0.39, 0.29) is 5.91 Å². The highest BCUT2D eigenvalue weighted by Crippen LogP contribution is 2.27. The fraction of sp³-hybridized carbons (Fsp3) is 0.278. The smallest absolute Gasteiger partial charge is 0.256 e. The van der Waals surface area contributed by atoms with Gasteiger partial charge in [0.2, 0.25) is 0 Å². The van der Waals surface area contributed by atoms with Crippen LogP contribution in [0.15, 0.2) is 50.7 Å². The van der Waals surface area contributed by atoms with Crippen molar-refractivity contribution in [2.75, 3.05) is 7.05 Å². The Morgan fingerprint density at radius 2 is 2.12 bits per heavy atom. The van der Waals surface area contributed by atoms with Gasteiger partial charge in [-0.2, -0.15) is 0 Å². The third kappa shape index (κ3) is 3.93. The molecule has 7 heteroatoms. The van der Waals surface area contributed by atoms with E-state index in [0.717, 1.165) is 22.8 Å². The number of amides is 1. The molecule has 0 bridgehead atoms. The molecule has 0 aromatic carbocycles. The van der Waals surface area contributed by atoms with Crippen LogP contribution < -0.4 is 0 Å². The van der Waals surface area contributed by atoms with Gasteiger partial charge in [0, 0.05) is 24.6 Å². The second kappa shape index (κ2) is 7.57. The van der Waals surface area contributed by atoms with Crippen molar-refractivity contribution in [1.29, 1.82) is 0 Å². The molecule has 0 aliphatic heterocycles. The van der Waals surface area contributed by atoms with E-state index >= 15 is 0 Å². The topological polar surface area (TPSA) is 72.4 Å². The summed E-state index contributed by atoms with van der Waals surface area (Å²) in [5.74, 6) is 2.10. The van der Waals surface area contributed by atoms with Crippen LogP contribution >= 0.6 is 11.8 Å². The molecule has 25 heavy (non-hydrogen) atoms. The fourth-order valence-electron chi connectivity index (χ4n) is 2.43. The lowest BCUT2D eigenvalue weighted by atomic mass is 10.2. The Kier molecular flexibility index (Phi) is 5.23. The minimum Gasteiger partial charge on any atom is -0.467 e. The minimum atomic E-state index is -0.0919. The Hall–Kier alpha value is -2.54. The standard InChI is InChI=1S/C18H19N3O3S/c1-12-16(13(2)24-20-12)11-25-17-15(7-4-8-19-17)18(22)21(3)10-14-6-5-9-23-14/h4-9H,10-11H2,1-3H3. The van der Waals surface area contributed by atoms with Gasteiger partial charge in [-0.05, 0) is 38.1 Å². The number of hydrogen-bond donors (Lipinski definition) is 0. The number of hydrogen-bond acceptors (Lipinski definition) is 6. The van der Waals surface area contributed by atoms with Crippen LogP contribution in [0.5, 0.6) is 0 Å². The number of furan rings is 1. The molecule has 3 rings (SSSR count). The molecular formula is C18H19N3O3S. The summed E-state index contributed by atoms with van der Waals surface area (Å²) in [5, 5.41) is 4.65. The molecule has 0 fully saturated rings. The van der Waals surface area contributed by atoms with Crippen LogP contribution in [0.4, 0.5) is 0 Å². The van der Waals surface area contributed by atoms with Crippen LogP contribution in [0.1, 0.15) is 33.1 Å². The summed E-state index contributed by atoms with van der Waals surface area (Å²) in [7, 11) is 1.75.